The number of carbonyl (C=O) groups is 1. The maximum atomic E-state index is 13.1. The van der Waals surface area contributed by atoms with Gasteiger partial charge in [-0.25, -0.2) is 4.79 Å². The molecule has 2 rings (SSSR count). The minimum atomic E-state index is -4.36. The van der Waals surface area contributed by atoms with Gasteiger partial charge in [-0.15, -0.1) is 0 Å². The van der Waals surface area contributed by atoms with E-state index in [2.05, 4.69) is 4.72 Å². The molecule has 0 radical (unpaired) electrons. The fourth-order valence-electron chi connectivity index (χ4n) is 3.34. The van der Waals surface area contributed by atoms with Gasteiger partial charge in [0.05, 0.1) is 25.4 Å². The van der Waals surface area contributed by atoms with Crippen molar-refractivity contribution in [2.45, 2.75) is 52.2 Å². The molecule has 0 spiro atoms. The maximum absolute atomic E-state index is 13.1. The van der Waals surface area contributed by atoms with E-state index in [0.29, 0.717) is 37.7 Å². The molecule has 0 saturated carbocycles. The SMILES string of the molecule is CCCN(C(=O)OS(=O)(=O)NCCOC(C)C)c1c(OCCOC)cccc1OCC1CCCO1. The Balaban J connectivity index is 2.24. The highest BCUT2D eigenvalue weighted by atomic mass is 32.2. The van der Waals surface area contributed by atoms with E-state index < -0.39 is 16.4 Å². The third-order valence-corrected chi connectivity index (χ3v) is 5.83. The molecule has 1 aliphatic heterocycles. The molecule has 0 bridgehead atoms. The molecule has 1 aliphatic rings. The van der Waals surface area contributed by atoms with Gasteiger partial charge in [-0.2, -0.15) is 13.1 Å². The summed E-state index contributed by atoms with van der Waals surface area (Å²) in [4.78, 5) is 14.3. The average Bonchev–Trinajstić information content (AvgIpc) is 3.33. The Morgan fingerprint density at radius 3 is 2.57 bits per heavy atom. The summed E-state index contributed by atoms with van der Waals surface area (Å²) in [6.45, 7) is 7.34. The summed E-state index contributed by atoms with van der Waals surface area (Å²) >= 11 is 0. The Bertz CT molecular complexity index is 874. The van der Waals surface area contributed by atoms with Gasteiger partial charge in [-0.05, 0) is 45.2 Å². The normalized spacial score (nSPS) is 15.9. The van der Waals surface area contributed by atoms with Crippen LogP contribution in [0.15, 0.2) is 18.2 Å². The molecule has 1 atom stereocenters. The minimum absolute atomic E-state index is 0.0337. The number of amides is 1. The molecule has 1 aromatic rings. The van der Waals surface area contributed by atoms with Crippen molar-refractivity contribution in [2.24, 2.45) is 0 Å². The van der Waals surface area contributed by atoms with Crippen molar-refractivity contribution >= 4 is 22.1 Å². The predicted octanol–water partition coefficient (Wildman–Crippen LogP) is 2.88. The van der Waals surface area contributed by atoms with Crippen LogP contribution in [0.1, 0.15) is 40.0 Å². The predicted molar refractivity (Wildman–Crippen MR) is 130 cm³/mol. The summed E-state index contributed by atoms with van der Waals surface area (Å²) in [6, 6.07) is 5.11. The fraction of sp³-hybridized carbons (Fsp3) is 0.696. The number of hydrogen-bond donors (Lipinski definition) is 1. The first kappa shape index (κ1) is 29.1. The van der Waals surface area contributed by atoms with Crippen LogP contribution in [0.25, 0.3) is 0 Å². The van der Waals surface area contributed by atoms with Crippen LogP contribution in [0.2, 0.25) is 0 Å². The smallest absolute Gasteiger partial charge is 0.431 e. The Hall–Kier alpha value is -2.12. The fourth-order valence-corrected chi connectivity index (χ4v) is 4.01. The second-order valence-corrected chi connectivity index (χ2v) is 9.52. The van der Waals surface area contributed by atoms with Gasteiger partial charge in [0.25, 0.3) is 0 Å². The van der Waals surface area contributed by atoms with Crippen molar-refractivity contribution < 1.29 is 41.1 Å². The molecule has 1 saturated heterocycles. The molecule has 1 heterocycles. The van der Waals surface area contributed by atoms with E-state index in [9.17, 15) is 13.2 Å². The highest BCUT2D eigenvalue weighted by molar-refractivity contribution is 7.85. The lowest BCUT2D eigenvalue weighted by molar-refractivity contribution is 0.0679. The number of ether oxygens (including phenoxy) is 5. The Labute approximate surface area is 208 Å². The van der Waals surface area contributed by atoms with E-state index >= 15 is 0 Å². The first-order chi connectivity index (χ1) is 16.8. The molecule has 1 N–H and O–H groups in total. The van der Waals surface area contributed by atoms with E-state index in [4.69, 9.17) is 27.9 Å². The molecule has 0 aliphatic carbocycles. The first-order valence-corrected chi connectivity index (χ1v) is 13.3. The summed E-state index contributed by atoms with van der Waals surface area (Å²) in [5.41, 5.74) is 0.284. The molecule has 1 fully saturated rings. The van der Waals surface area contributed by atoms with E-state index in [1.807, 2.05) is 20.8 Å². The van der Waals surface area contributed by atoms with Crippen molar-refractivity contribution in [1.82, 2.24) is 4.72 Å². The number of nitrogens with one attached hydrogen (secondary N) is 1. The standard InChI is InChI=1S/C23H38N2O9S/c1-5-12-25(23(26)34-35(27,28)24-11-14-30-18(2)3)22-20(32-16-15-29-4)9-6-10-21(22)33-17-19-8-7-13-31-19/h6,9-10,18-19,24H,5,7-8,11-17H2,1-4H3. The molecular weight excluding hydrogens is 480 g/mol. The lowest BCUT2D eigenvalue weighted by Gasteiger charge is -2.26. The van der Waals surface area contributed by atoms with Crippen LogP contribution in [-0.4, -0.2) is 80.0 Å². The van der Waals surface area contributed by atoms with E-state index in [0.717, 1.165) is 12.8 Å². The number of hydrogen-bond acceptors (Lipinski definition) is 9. The monoisotopic (exact) mass is 518 g/mol. The summed E-state index contributed by atoms with van der Waals surface area (Å²) < 4.78 is 59.7. The second-order valence-electron chi connectivity index (χ2n) is 8.16. The van der Waals surface area contributed by atoms with Crippen molar-refractivity contribution in [3.8, 4) is 11.5 Å². The second kappa shape index (κ2) is 15.1. The lowest BCUT2D eigenvalue weighted by atomic mass is 10.2. The first-order valence-electron chi connectivity index (χ1n) is 11.9. The van der Waals surface area contributed by atoms with Crippen LogP contribution in [0.4, 0.5) is 10.5 Å². The number of carbonyl (C=O) groups excluding carboxylic acids is 1. The van der Waals surface area contributed by atoms with Gasteiger partial charge in [0.2, 0.25) is 0 Å². The van der Waals surface area contributed by atoms with Crippen molar-refractivity contribution in [3.05, 3.63) is 18.2 Å². The lowest BCUT2D eigenvalue weighted by Crippen LogP contribution is -2.39. The molecule has 35 heavy (non-hydrogen) atoms. The van der Waals surface area contributed by atoms with Crippen molar-refractivity contribution in [2.75, 3.05) is 58.1 Å². The van der Waals surface area contributed by atoms with Crippen LogP contribution in [-0.2, 0) is 28.7 Å². The molecule has 0 aromatic heterocycles. The maximum Gasteiger partial charge on any atom is 0.431 e. The molecule has 1 amide bonds. The van der Waals surface area contributed by atoms with Crippen LogP contribution >= 0.6 is 0 Å². The summed E-state index contributed by atoms with van der Waals surface area (Å²) in [5.74, 6) is 0.699. The van der Waals surface area contributed by atoms with Gasteiger partial charge in [-0.3, -0.25) is 4.90 Å². The third-order valence-electron chi connectivity index (χ3n) is 4.91. The third kappa shape index (κ3) is 10.2. The number of nitrogens with zero attached hydrogens (tertiary/aromatic N) is 1. The Morgan fingerprint density at radius 1 is 1.20 bits per heavy atom. The van der Waals surface area contributed by atoms with Gasteiger partial charge in [-0.1, -0.05) is 13.0 Å². The number of benzene rings is 1. The van der Waals surface area contributed by atoms with Crippen LogP contribution < -0.4 is 19.1 Å². The number of methoxy groups -OCH3 is 1. The largest absolute Gasteiger partial charge is 0.489 e. The van der Waals surface area contributed by atoms with E-state index in [1.165, 1.54) is 4.90 Å². The highest BCUT2D eigenvalue weighted by Crippen LogP contribution is 2.39. The van der Waals surface area contributed by atoms with Crippen LogP contribution in [0.3, 0.4) is 0 Å². The zero-order chi connectivity index (χ0) is 25.7. The van der Waals surface area contributed by atoms with E-state index in [1.54, 1.807) is 25.3 Å². The molecule has 200 valence electrons. The Morgan fingerprint density at radius 2 is 1.94 bits per heavy atom. The topological polar surface area (TPSA) is 122 Å². The zero-order valence-electron chi connectivity index (χ0n) is 21.0. The summed E-state index contributed by atoms with van der Waals surface area (Å²) in [5, 5.41) is 0. The minimum Gasteiger partial charge on any atom is -0.489 e. The van der Waals surface area contributed by atoms with Gasteiger partial charge >= 0.3 is 16.4 Å². The van der Waals surface area contributed by atoms with Crippen molar-refractivity contribution in [1.29, 1.82) is 0 Å². The molecular formula is C23H38N2O9S. The zero-order valence-corrected chi connectivity index (χ0v) is 21.8. The van der Waals surface area contributed by atoms with Crippen molar-refractivity contribution in [3.63, 3.8) is 0 Å². The van der Waals surface area contributed by atoms with Gasteiger partial charge in [0, 0.05) is 26.8 Å². The number of para-hydroxylation sites is 1. The average molecular weight is 519 g/mol. The van der Waals surface area contributed by atoms with Crippen LogP contribution in [0, 0.1) is 0 Å². The van der Waals surface area contributed by atoms with Gasteiger partial charge < -0.3 is 27.9 Å². The number of anilines is 1. The van der Waals surface area contributed by atoms with Gasteiger partial charge in [0.15, 0.2) is 0 Å². The number of rotatable bonds is 16. The summed E-state index contributed by atoms with van der Waals surface area (Å²) in [6.07, 6.45) is 1.19. The summed E-state index contributed by atoms with van der Waals surface area (Å²) in [7, 11) is -2.81. The Kier molecular flexibility index (Phi) is 12.6. The highest BCUT2D eigenvalue weighted by Gasteiger charge is 2.29. The molecule has 12 heteroatoms. The molecule has 1 unspecified atom stereocenters. The quantitative estimate of drug-likeness (QED) is 0.329. The molecule has 1 aromatic carbocycles. The molecule has 11 nitrogen and oxygen atoms in total. The van der Waals surface area contributed by atoms with E-state index in [-0.39, 0.29) is 44.2 Å². The van der Waals surface area contributed by atoms with Gasteiger partial charge in [0.1, 0.15) is 30.4 Å². The van der Waals surface area contributed by atoms with Crippen LogP contribution in [0.5, 0.6) is 11.5 Å².